The van der Waals surface area contributed by atoms with E-state index >= 15 is 0 Å². The molecule has 0 aliphatic carbocycles. The summed E-state index contributed by atoms with van der Waals surface area (Å²) in [6, 6.07) is 15.2. The molecule has 102 valence electrons. The number of rotatable bonds is 4. The molecule has 0 aliphatic heterocycles. The number of nitrogens with zero attached hydrogens (tertiary/aromatic N) is 1. The smallest absolute Gasteiger partial charge is 0.0783 e. The molecule has 1 aromatic heterocycles. The average molecular weight is 263 g/mol. The van der Waals surface area contributed by atoms with Gasteiger partial charge in [0, 0.05) is 16.5 Å². The molecule has 0 saturated heterocycles. The van der Waals surface area contributed by atoms with Gasteiger partial charge >= 0.3 is 0 Å². The number of fused-ring (bicyclic) bond motifs is 3. The Kier molecular flexibility index (Phi) is 3.68. The van der Waals surface area contributed by atoms with Crippen molar-refractivity contribution in [3.8, 4) is 0 Å². The van der Waals surface area contributed by atoms with Crippen molar-refractivity contribution in [2.75, 3.05) is 0 Å². The molecule has 0 amide bonds. The Bertz CT molecular complexity index is 743. The highest BCUT2D eigenvalue weighted by molar-refractivity contribution is 6.05. The number of unbranched alkanes of at least 4 members (excludes halogenated alkanes) is 2. The molecule has 2 aromatic carbocycles. The lowest BCUT2D eigenvalue weighted by molar-refractivity contribution is 0.706. The van der Waals surface area contributed by atoms with Crippen LogP contribution < -0.4 is 0 Å². The monoisotopic (exact) mass is 263 g/mol. The lowest BCUT2D eigenvalue weighted by Gasteiger charge is -2.09. The number of hydrogen-bond donors (Lipinski definition) is 0. The lowest BCUT2D eigenvalue weighted by atomic mass is 10.0. The summed E-state index contributed by atoms with van der Waals surface area (Å²) in [6.45, 7) is 4.43. The second-order valence-corrected chi connectivity index (χ2v) is 5.57. The Balaban J connectivity index is 2.13. The van der Waals surface area contributed by atoms with Crippen LogP contribution in [0.2, 0.25) is 0 Å². The van der Waals surface area contributed by atoms with Gasteiger partial charge in [-0.2, -0.15) is 0 Å². The van der Waals surface area contributed by atoms with Crippen molar-refractivity contribution in [1.82, 2.24) is 4.98 Å². The zero-order valence-electron chi connectivity index (χ0n) is 12.3. The Morgan fingerprint density at radius 3 is 2.60 bits per heavy atom. The van der Waals surface area contributed by atoms with Crippen LogP contribution in [-0.2, 0) is 6.42 Å². The highest BCUT2D eigenvalue weighted by Gasteiger charge is 2.06. The highest BCUT2D eigenvalue weighted by atomic mass is 14.7. The minimum Gasteiger partial charge on any atom is -0.252 e. The average Bonchev–Trinajstić information content (AvgIpc) is 2.48. The predicted octanol–water partition coefficient (Wildman–Crippen LogP) is 5.43. The van der Waals surface area contributed by atoms with Crippen molar-refractivity contribution in [2.24, 2.45) is 0 Å². The number of aromatic nitrogens is 1. The fourth-order valence-corrected chi connectivity index (χ4v) is 2.85. The summed E-state index contributed by atoms with van der Waals surface area (Å²) in [5.41, 5.74) is 3.74. The highest BCUT2D eigenvalue weighted by Crippen LogP contribution is 2.26. The van der Waals surface area contributed by atoms with Crippen molar-refractivity contribution in [2.45, 2.75) is 39.5 Å². The molecule has 1 nitrogen and oxygen atoms in total. The van der Waals surface area contributed by atoms with Crippen LogP contribution >= 0.6 is 0 Å². The molecular formula is C19H21N. The molecule has 0 N–H and O–H groups in total. The van der Waals surface area contributed by atoms with Gasteiger partial charge in [-0.05, 0) is 36.8 Å². The van der Waals surface area contributed by atoms with Gasteiger partial charge in [-0.1, -0.05) is 56.2 Å². The van der Waals surface area contributed by atoms with Crippen LogP contribution in [0, 0.1) is 6.92 Å². The first-order chi connectivity index (χ1) is 9.79. The van der Waals surface area contributed by atoms with Gasteiger partial charge in [0.2, 0.25) is 0 Å². The second-order valence-electron chi connectivity index (χ2n) is 5.57. The van der Waals surface area contributed by atoms with E-state index in [9.17, 15) is 0 Å². The standard InChI is InChI=1S/C19H21N/c1-3-4-5-10-18-14(2)13-16-12-11-15-8-6-7-9-17(15)19(16)20-18/h6-9,11-13H,3-5,10H2,1-2H3. The van der Waals surface area contributed by atoms with Gasteiger partial charge in [0.05, 0.1) is 5.52 Å². The molecule has 1 heteroatoms. The van der Waals surface area contributed by atoms with Crippen LogP contribution in [0.3, 0.4) is 0 Å². The SMILES string of the molecule is CCCCCc1nc2c(ccc3ccccc32)cc1C. The molecule has 0 unspecified atom stereocenters. The van der Waals surface area contributed by atoms with Crippen LogP contribution in [0.25, 0.3) is 21.7 Å². The minimum atomic E-state index is 1.10. The molecule has 0 saturated carbocycles. The van der Waals surface area contributed by atoms with E-state index in [2.05, 4.69) is 56.3 Å². The van der Waals surface area contributed by atoms with E-state index in [4.69, 9.17) is 4.98 Å². The molecule has 0 bridgehead atoms. The summed E-state index contributed by atoms with van der Waals surface area (Å²) in [4.78, 5) is 4.97. The lowest BCUT2D eigenvalue weighted by Crippen LogP contribution is -1.96. The van der Waals surface area contributed by atoms with Crippen molar-refractivity contribution in [3.05, 3.63) is 53.7 Å². The van der Waals surface area contributed by atoms with E-state index in [1.807, 2.05) is 0 Å². The van der Waals surface area contributed by atoms with E-state index < -0.39 is 0 Å². The molecular weight excluding hydrogens is 242 g/mol. The first-order valence-corrected chi connectivity index (χ1v) is 7.57. The van der Waals surface area contributed by atoms with Crippen LogP contribution in [0.5, 0.6) is 0 Å². The maximum Gasteiger partial charge on any atom is 0.0783 e. The molecule has 20 heavy (non-hydrogen) atoms. The zero-order valence-corrected chi connectivity index (χ0v) is 12.3. The van der Waals surface area contributed by atoms with Crippen molar-refractivity contribution < 1.29 is 0 Å². The first-order valence-electron chi connectivity index (χ1n) is 7.57. The summed E-state index contributed by atoms with van der Waals surface area (Å²) in [6.07, 6.45) is 4.88. The largest absolute Gasteiger partial charge is 0.252 e. The van der Waals surface area contributed by atoms with Crippen LogP contribution in [0.4, 0.5) is 0 Å². The number of hydrogen-bond acceptors (Lipinski definition) is 1. The summed E-state index contributed by atoms with van der Waals surface area (Å²) in [5.74, 6) is 0. The van der Waals surface area contributed by atoms with Gasteiger partial charge in [0.1, 0.15) is 0 Å². The Hall–Kier alpha value is -1.89. The second kappa shape index (κ2) is 5.62. The van der Waals surface area contributed by atoms with E-state index in [1.165, 1.54) is 46.7 Å². The van der Waals surface area contributed by atoms with E-state index in [1.54, 1.807) is 0 Å². The third kappa shape index (κ3) is 2.40. The third-order valence-corrected chi connectivity index (χ3v) is 4.02. The van der Waals surface area contributed by atoms with Gasteiger partial charge in [-0.15, -0.1) is 0 Å². The van der Waals surface area contributed by atoms with E-state index in [0.717, 1.165) is 11.9 Å². The van der Waals surface area contributed by atoms with E-state index in [-0.39, 0.29) is 0 Å². The number of pyridine rings is 1. The molecule has 0 aliphatic rings. The number of benzene rings is 2. The van der Waals surface area contributed by atoms with Gasteiger partial charge < -0.3 is 0 Å². The minimum absolute atomic E-state index is 1.10. The van der Waals surface area contributed by atoms with Crippen LogP contribution in [-0.4, -0.2) is 4.98 Å². The van der Waals surface area contributed by atoms with Crippen LogP contribution in [0.1, 0.15) is 37.4 Å². The Morgan fingerprint density at radius 2 is 1.75 bits per heavy atom. The van der Waals surface area contributed by atoms with Crippen molar-refractivity contribution >= 4 is 21.7 Å². The summed E-state index contributed by atoms with van der Waals surface area (Å²) < 4.78 is 0. The third-order valence-electron chi connectivity index (χ3n) is 4.02. The molecule has 0 spiro atoms. The molecule has 3 rings (SSSR count). The van der Waals surface area contributed by atoms with Gasteiger partial charge in [0.15, 0.2) is 0 Å². The normalized spacial score (nSPS) is 11.3. The summed E-state index contributed by atoms with van der Waals surface area (Å²) in [7, 11) is 0. The topological polar surface area (TPSA) is 12.9 Å². The Labute approximate surface area is 120 Å². The Morgan fingerprint density at radius 1 is 0.950 bits per heavy atom. The maximum absolute atomic E-state index is 4.97. The molecule has 0 atom stereocenters. The summed E-state index contributed by atoms with van der Waals surface area (Å²) >= 11 is 0. The molecule has 0 fully saturated rings. The fraction of sp³-hybridized carbons (Fsp3) is 0.316. The number of aryl methyl sites for hydroxylation is 2. The predicted molar refractivity (Wildman–Crippen MR) is 87.2 cm³/mol. The maximum atomic E-state index is 4.97. The van der Waals surface area contributed by atoms with Gasteiger partial charge in [0.25, 0.3) is 0 Å². The quantitative estimate of drug-likeness (QED) is 0.452. The van der Waals surface area contributed by atoms with E-state index in [0.29, 0.717) is 0 Å². The fourth-order valence-electron chi connectivity index (χ4n) is 2.85. The molecule has 3 aromatic rings. The van der Waals surface area contributed by atoms with Crippen molar-refractivity contribution in [3.63, 3.8) is 0 Å². The molecule has 0 radical (unpaired) electrons. The molecule has 1 heterocycles. The first kappa shape index (κ1) is 13.1. The van der Waals surface area contributed by atoms with Crippen LogP contribution in [0.15, 0.2) is 42.5 Å². The van der Waals surface area contributed by atoms with Gasteiger partial charge in [-0.25, -0.2) is 0 Å². The van der Waals surface area contributed by atoms with Gasteiger partial charge in [-0.3, -0.25) is 4.98 Å². The van der Waals surface area contributed by atoms with Crippen molar-refractivity contribution in [1.29, 1.82) is 0 Å². The summed E-state index contributed by atoms with van der Waals surface area (Å²) in [5, 5.41) is 3.79. The zero-order chi connectivity index (χ0) is 13.9.